The predicted molar refractivity (Wildman–Crippen MR) is 103 cm³/mol. The Morgan fingerprint density at radius 2 is 1.50 bits per heavy atom. The first kappa shape index (κ1) is 18.0. The molecule has 136 valence electrons. The molecule has 0 aromatic heterocycles. The van der Waals surface area contributed by atoms with Crippen LogP contribution in [0.1, 0.15) is 24.9 Å². The van der Waals surface area contributed by atoms with Gasteiger partial charge in [-0.2, -0.15) is 0 Å². The maximum Gasteiger partial charge on any atom is 0.312 e. The van der Waals surface area contributed by atoms with Gasteiger partial charge in [-0.05, 0) is 24.1 Å². The van der Waals surface area contributed by atoms with Crippen molar-refractivity contribution in [3.63, 3.8) is 0 Å². The molecular formula is C21H25N3O2. The summed E-state index contributed by atoms with van der Waals surface area (Å²) in [7, 11) is 0. The summed E-state index contributed by atoms with van der Waals surface area (Å²) in [4.78, 5) is 28.8. The molecule has 1 saturated heterocycles. The molecule has 0 radical (unpaired) electrons. The molecule has 1 fully saturated rings. The molecule has 3 rings (SSSR count). The molecule has 5 nitrogen and oxygen atoms in total. The zero-order chi connectivity index (χ0) is 18.4. The molecule has 1 heterocycles. The topological polar surface area (TPSA) is 52.7 Å². The van der Waals surface area contributed by atoms with Crippen LogP contribution in [-0.2, 0) is 9.59 Å². The Morgan fingerprint density at radius 3 is 2.08 bits per heavy atom. The average Bonchev–Trinajstić information content (AvgIpc) is 2.72. The van der Waals surface area contributed by atoms with E-state index in [1.807, 2.05) is 55.5 Å². The van der Waals surface area contributed by atoms with Gasteiger partial charge in [-0.15, -0.1) is 0 Å². The van der Waals surface area contributed by atoms with Crippen LogP contribution in [0.15, 0.2) is 60.7 Å². The monoisotopic (exact) mass is 351 g/mol. The lowest BCUT2D eigenvalue weighted by molar-refractivity contribution is -0.146. The summed E-state index contributed by atoms with van der Waals surface area (Å²) in [5, 5.41) is 2.88. The lowest BCUT2D eigenvalue weighted by Gasteiger charge is -2.36. The standard InChI is InChI=1S/C21H25N3O2/c1-2-19(17-9-5-3-6-10-17)22-20(25)21(26)24-15-13-23(14-16-24)18-11-7-4-8-12-18/h3-12,19H,2,13-16H2,1H3,(H,22,25)/t19-/m0/s1. The highest BCUT2D eigenvalue weighted by Gasteiger charge is 2.27. The number of rotatable bonds is 4. The maximum atomic E-state index is 12.5. The summed E-state index contributed by atoms with van der Waals surface area (Å²) in [5.41, 5.74) is 2.17. The van der Waals surface area contributed by atoms with Gasteiger partial charge < -0.3 is 15.1 Å². The van der Waals surface area contributed by atoms with Gasteiger partial charge in [0.15, 0.2) is 0 Å². The van der Waals surface area contributed by atoms with Crippen molar-refractivity contribution in [3.05, 3.63) is 66.2 Å². The van der Waals surface area contributed by atoms with E-state index >= 15 is 0 Å². The number of carbonyl (C=O) groups is 2. The quantitative estimate of drug-likeness (QED) is 0.862. The molecule has 1 aliphatic heterocycles. The van der Waals surface area contributed by atoms with E-state index in [1.165, 1.54) is 0 Å². The number of carbonyl (C=O) groups excluding carboxylic acids is 2. The lowest BCUT2D eigenvalue weighted by Crippen LogP contribution is -2.53. The Labute approximate surface area is 154 Å². The number of hydrogen-bond acceptors (Lipinski definition) is 3. The van der Waals surface area contributed by atoms with Crippen LogP contribution in [0.2, 0.25) is 0 Å². The van der Waals surface area contributed by atoms with Crippen LogP contribution in [0.25, 0.3) is 0 Å². The van der Waals surface area contributed by atoms with E-state index in [-0.39, 0.29) is 6.04 Å². The molecule has 0 spiro atoms. The normalized spacial score (nSPS) is 15.4. The second kappa shape index (κ2) is 8.52. The van der Waals surface area contributed by atoms with E-state index in [4.69, 9.17) is 0 Å². The predicted octanol–water partition coefficient (Wildman–Crippen LogP) is 2.60. The molecule has 0 saturated carbocycles. The van der Waals surface area contributed by atoms with Crippen LogP contribution in [0, 0.1) is 0 Å². The number of amides is 2. The van der Waals surface area contributed by atoms with Crippen LogP contribution in [0.3, 0.4) is 0 Å². The van der Waals surface area contributed by atoms with Gasteiger partial charge in [0, 0.05) is 31.9 Å². The van der Waals surface area contributed by atoms with Gasteiger partial charge in [0.25, 0.3) is 0 Å². The van der Waals surface area contributed by atoms with E-state index in [1.54, 1.807) is 4.90 Å². The second-order valence-corrected chi connectivity index (χ2v) is 6.46. The summed E-state index contributed by atoms with van der Waals surface area (Å²) in [5.74, 6) is -0.957. The number of nitrogens with one attached hydrogen (secondary N) is 1. The fourth-order valence-corrected chi connectivity index (χ4v) is 3.28. The molecule has 0 bridgehead atoms. The fraction of sp³-hybridized carbons (Fsp3) is 0.333. The van der Waals surface area contributed by atoms with E-state index in [2.05, 4.69) is 22.3 Å². The Kier molecular flexibility index (Phi) is 5.89. The Balaban J connectivity index is 1.55. The van der Waals surface area contributed by atoms with Crippen molar-refractivity contribution in [3.8, 4) is 0 Å². The molecule has 1 N–H and O–H groups in total. The Bertz CT molecular complexity index is 725. The third-order valence-electron chi connectivity index (χ3n) is 4.80. The first-order valence-corrected chi connectivity index (χ1v) is 9.13. The van der Waals surface area contributed by atoms with Crippen LogP contribution < -0.4 is 10.2 Å². The first-order chi connectivity index (χ1) is 12.7. The minimum absolute atomic E-state index is 0.141. The smallest absolute Gasteiger partial charge is 0.312 e. The molecule has 2 aromatic carbocycles. The summed E-state index contributed by atoms with van der Waals surface area (Å²) < 4.78 is 0. The summed E-state index contributed by atoms with van der Waals surface area (Å²) in [6, 6.07) is 19.8. The number of nitrogens with zero attached hydrogens (tertiary/aromatic N) is 2. The van der Waals surface area contributed by atoms with Crippen LogP contribution >= 0.6 is 0 Å². The van der Waals surface area contributed by atoms with Gasteiger partial charge in [0.1, 0.15) is 0 Å². The number of anilines is 1. The molecule has 26 heavy (non-hydrogen) atoms. The van der Waals surface area contributed by atoms with Crippen molar-refractivity contribution in [2.75, 3.05) is 31.1 Å². The van der Waals surface area contributed by atoms with Gasteiger partial charge in [0.05, 0.1) is 6.04 Å². The maximum absolute atomic E-state index is 12.5. The van der Waals surface area contributed by atoms with Gasteiger partial charge in [-0.3, -0.25) is 9.59 Å². The van der Waals surface area contributed by atoms with Crippen LogP contribution in [0.5, 0.6) is 0 Å². The van der Waals surface area contributed by atoms with Gasteiger partial charge in [-0.25, -0.2) is 0 Å². The fourth-order valence-electron chi connectivity index (χ4n) is 3.28. The van der Waals surface area contributed by atoms with Crippen molar-refractivity contribution in [1.82, 2.24) is 10.2 Å². The largest absolute Gasteiger partial charge is 0.368 e. The van der Waals surface area contributed by atoms with E-state index < -0.39 is 11.8 Å². The van der Waals surface area contributed by atoms with Crippen LogP contribution in [-0.4, -0.2) is 42.9 Å². The highest BCUT2D eigenvalue weighted by atomic mass is 16.2. The molecule has 1 aliphatic rings. The van der Waals surface area contributed by atoms with Gasteiger partial charge >= 0.3 is 11.8 Å². The molecule has 0 aliphatic carbocycles. The highest BCUT2D eigenvalue weighted by molar-refractivity contribution is 6.35. The van der Waals surface area contributed by atoms with Gasteiger partial charge in [0.2, 0.25) is 0 Å². The van der Waals surface area contributed by atoms with Crippen molar-refractivity contribution in [2.45, 2.75) is 19.4 Å². The number of piperazine rings is 1. The third-order valence-corrected chi connectivity index (χ3v) is 4.80. The Hall–Kier alpha value is -2.82. The van der Waals surface area contributed by atoms with Gasteiger partial charge in [-0.1, -0.05) is 55.5 Å². The molecule has 5 heteroatoms. The van der Waals surface area contributed by atoms with Crippen molar-refractivity contribution < 1.29 is 9.59 Å². The zero-order valence-corrected chi connectivity index (χ0v) is 15.1. The van der Waals surface area contributed by atoms with Crippen molar-refractivity contribution >= 4 is 17.5 Å². The molecule has 1 atom stereocenters. The molecular weight excluding hydrogens is 326 g/mol. The summed E-state index contributed by atoms with van der Waals surface area (Å²) in [6.07, 6.45) is 0.741. The van der Waals surface area contributed by atoms with E-state index in [9.17, 15) is 9.59 Å². The minimum atomic E-state index is -0.520. The lowest BCUT2D eigenvalue weighted by atomic mass is 10.0. The molecule has 2 aromatic rings. The van der Waals surface area contributed by atoms with Crippen molar-refractivity contribution in [2.24, 2.45) is 0 Å². The zero-order valence-electron chi connectivity index (χ0n) is 15.1. The highest BCUT2D eigenvalue weighted by Crippen LogP contribution is 2.17. The second-order valence-electron chi connectivity index (χ2n) is 6.46. The summed E-state index contributed by atoms with van der Waals surface area (Å²) in [6.45, 7) is 4.59. The van der Waals surface area contributed by atoms with E-state index in [0.717, 1.165) is 30.8 Å². The average molecular weight is 351 g/mol. The van der Waals surface area contributed by atoms with Crippen molar-refractivity contribution in [1.29, 1.82) is 0 Å². The minimum Gasteiger partial charge on any atom is -0.368 e. The van der Waals surface area contributed by atoms with Crippen LogP contribution in [0.4, 0.5) is 5.69 Å². The van der Waals surface area contributed by atoms with E-state index in [0.29, 0.717) is 13.1 Å². The SMILES string of the molecule is CC[C@H](NC(=O)C(=O)N1CCN(c2ccccc2)CC1)c1ccccc1. The summed E-state index contributed by atoms with van der Waals surface area (Å²) >= 11 is 0. The molecule has 2 amide bonds. The number of para-hydroxylation sites is 1. The number of benzene rings is 2. The first-order valence-electron chi connectivity index (χ1n) is 9.13. The Morgan fingerprint density at radius 1 is 0.923 bits per heavy atom. The third kappa shape index (κ3) is 4.23. The molecule has 0 unspecified atom stereocenters. The number of hydrogen-bond donors (Lipinski definition) is 1.